The number of hydrogen-bond donors (Lipinski definition) is 1. The first kappa shape index (κ1) is 19.5. The van der Waals surface area contributed by atoms with Crippen LogP contribution in [0, 0.1) is 10.1 Å². The summed E-state index contributed by atoms with van der Waals surface area (Å²) >= 11 is 0. The van der Waals surface area contributed by atoms with Crippen LogP contribution in [0.4, 0.5) is 5.69 Å². The molecule has 0 aromatic carbocycles. The Labute approximate surface area is 157 Å². The SMILES string of the molecule is O=C(Cn1cc([N+](=O)[O-])ccc1=O)NCC1(N2CCOCC2)CCCCC1. The van der Waals surface area contributed by atoms with Crippen LogP contribution in [-0.4, -0.2) is 58.7 Å². The van der Waals surface area contributed by atoms with E-state index in [4.69, 9.17) is 4.74 Å². The van der Waals surface area contributed by atoms with E-state index in [-0.39, 0.29) is 23.7 Å². The third-order valence-electron chi connectivity index (χ3n) is 5.57. The molecule has 1 N–H and O–H groups in total. The number of carbonyl (C=O) groups excluding carboxylic acids is 1. The maximum absolute atomic E-state index is 12.4. The van der Waals surface area contributed by atoms with E-state index < -0.39 is 10.5 Å². The first-order valence-corrected chi connectivity index (χ1v) is 9.45. The third kappa shape index (κ3) is 4.72. The summed E-state index contributed by atoms with van der Waals surface area (Å²) in [5.74, 6) is -0.309. The molecule has 1 amide bonds. The van der Waals surface area contributed by atoms with Gasteiger partial charge in [-0.1, -0.05) is 19.3 Å². The molecule has 0 bridgehead atoms. The Bertz CT molecular complexity index is 736. The van der Waals surface area contributed by atoms with Crippen LogP contribution in [0.3, 0.4) is 0 Å². The number of ether oxygens (including phenoxy) is 1. The van der Waals surface area contributed by atoms with Gasteiger partial charge in [0.2, 0.25) is 5.91 Å². The molecule has 2 aliphatic rings. The summed E-state index contributed by atoms with van der Waals surface area (Å²) < 4.78 is 6.54. The molecule has 148 valence electrons. The zero-order chi connectivity index (χ0) is 19.3. The number of aromatic nitrogens is 1. The first-order valence-electron chi connectivity index (χ1n) is 9.45. The van der Waals surface area contributed by atoms with Crippen LogP contribution >= 0.6 is 0 Å². The molecule has 0 radical (unpaired) electrons. The van der Waals surface area contributed by atoms with Gasteiger partial charge in [-0.25, -0.2) is 0 Å². The first-order chi connectivity index (χ1) is 13.0. The second kappa shape index (κ2) is 8.62. The quantitative estimate of drug-likeness (QED) is 0.582. The normalized spacial score (nSPS) is 20.1. The fourth-order valence-corrected chi connectivity index (χ4v) is 4.08. The van der Waals surface area contributed by atoms with Crippen molar-refractivity contribution >= 4 is 11.6 Å². The second-order valence-corrected chi connectivity index (χ2v) is 7.27. The average Bonchev–Trinajstić information content (AvgIpc) is 2.69. The fourth-order valence-electron chi connectivity index (χ4n) is 4.08. The predicted molar refractivity (Wildman–Crippen MR) is 98.6 cm³/mol. The van der Waals surface area contributed by atoms with Gasteiger partial charge in [0.05, 0.1) is 24.3 Å². The van der Waals surface area contributed by atoms with Crippen LogP contribution in [-0.2, 0) is 16.1 Å². The highest BCUT2D eigenvalue weighted by molar-refractivity contribution is 5.75. The average molecular weight is 378 g/mol. The molecule has 1 saturated heterocycles. The number of amides is 1. The fraction of sp³-hybridized carbons (Fsp3) is 0.667. The number of carbonyl (C=O) groups is 1. The van der Waals surface area contributed by atoms with E-state index in [1.165, 1.54) is 6.42 Å². The number of rotatable bonds is 6. The van der Waals surface area contributed by atoms with Crippen LogP contribution in [0.15, 0.2) is 23.1 Å². The number of nitro groups is 1. The van der Waals surface area contributed by atoms with Gasteiger partial charge in [-0.3, -0.25) is 29.2 Å². The Kier molecular flexibility index (Phi) is 6.22. The lowest BCUT2D eigenvalue weighted by Gasteiger charge is -2.48. The van der Waals surface area contributed by atoms with E-state index in [9.17, 15) is 19.7 Å². The Morgan fingerprint density at radius 3 is 2.59 bits per heavy atom. The molecule has 2 heterocycles. The van der Waals surface area contributed by atoms with Gasteiger partial charge in [-0.2, -0.15) is 0 Å². The number of hydrogen-bond acceptors (Lipinski definition) is 6. The molecule has 27 heavy (non-hydrogen) atoms. The molecule has 1 aliphatic carbocycles. The van der Waals surface area contributed by atoms with Crippen molar-refractivity contribution < 1.29 is 14.5 Å². The molecule has 9 nitrogen and oxygen atoms in total. The van der Waals surface area contributed by atoms with Gasteiger partial charge in [0, 0.05) is 37.3 Å². The van der Waals surface area contributed by atoms with Crippen LogP contribution in [0.25, 0.3) is 0 Å². The van der Waals surface area contributed by atoms with Gasteiger partial charge < -0.3 is 10.1 Å². The second-order valence-electron chi connectivity index (χ2n) is 7.27. The van der Waals surface area contributed by atoms with Gasteiger partial charge in [0.15, 0.2) is 0 Å². The molecule has 0 spiro atoms. The summed E-state index contributed by atoms with van der Waals surface area (Å²) in [5.41, 5.74) is -0.707. The summed E-state index contributed by atoms with van der Waals surface area (Å²) in [6.07, 6.45) is 6.66. The molecular formula is C18H26N4O5. The van der Waals surface area contributed by atoms with E-state index in [0.717, 1.165) is 61.7 Å². The molecule has 0 atom stereocenters. The van der Waals surface area contributed by atoms with Crippen molar-refractivity contribution in [1.29, 1.82) is 0 Å². The van der Waals surface area contributed by atoms with Crippen LogP contribution in [0.1, 0.15) is 32.1 Å². The van der Waals surface area contributed by atoms with E-state index in [1.807, 2.05) is 0 Å². The van der Waals surface area contributed by atoms with Crippen molar-refractivity contribution in [1.82, 2.24) is 14.8 Å². The minimum absolute atomic E-state index is 0.0642. The molecule has 1 saturated carbocycles. The highest BCUT2D eigenvalue weighted by atomic mass is 16.6. The summed E-state index contributed by atoms with van der Waals surface area (Å²) in [6, 6.07) is 2.26. The zero-order valence-corrected chi connectivity index (χ0v) is 15.4. The standard InChI is InChI=1S/C18H26N4O5/c23-16(13-20-12-15(22(25)26)4-5-17(20)24)19-14-18(6-2-1-3-7-18)21-8-10-27-11-9-21/h4-5,12H,1-3,6-11,13-14H2,(H,19,23). The van der Waals surface area contributed by atoms with Gasteiger partial charge in [-0.05, 0) is 12.8 Å². The van der Waals surface area contributed by atoms with E-state index in [0.29, 0.717) is 19.8 Å². The summed E-state index contributed by atoms with van der Waals surface area (Å²) in [7, 11) is 0. The van der Waals surface area contributed by atoms with Crippen LogP contribution in [0.5, 0.6) is 0 Å². The predicted octanol–water partition coefficient (Wildman–Crippen LogP) is 0.908. The lowest BCUT2D eigenvalue weighted by atomic mass is 9.79. The molecule has 9 heteroatoms. The van der Waals surface area contributed by atoms with Crippen molar-refractivity contribution in [3.63, 3.8) is 0 Å². The molecule has 1 aromatic rings. The Morgan fingerprint density at radius 2 is 1.93 bits per heavy atom. The molecule has 2 fully saturated rings. The Balaban J connectivity index is 1.65. The number of nitrogens with zero attached hydrogens (tertiary/aromatic N) is 3. The molecule has 1 aliphatic heterocycles. The minimum Gasteiger partial charge on any atom is -0.379 e. The molecule has 0 unspecified atom stereocenters. The number of morpholine rings is 1. The minimum atomic E-state index is -0.580. The maximum atomic E-state index is 12.4. The van der Waals surface area contributed by atoms with Crippen molar-refractivity contribution in [2.75, 3.05) is 32.8 Å². The van der Waals surface area contributed by atoms with Crippen molar-refractivity contribution in [3.05, 3.63) is 38.8 Å². The third-order valence-corrected chi connectivity index (χ3v) is 5.57. The zero-order valence-electron chi connectivity index (χ0n) is 15.4. The lowest BCUT2D eigenvalue weighted by molar-refractivity contribution is -0.385. The van der Waals surface area contributed by atoms with Gasteiger partial charge >= 0.3 is 0 Å². The molecule has 3 rings (SSSR count). The van der Waals surface area contributed by atoms with Gasteiger partial charge in [-0.15, -0.1) is 0 Å². The summed E-state index contributed by atoms with van der Waals surface area (Å²) in [5, 5.41) is 13.8. The Morgan fingerprint density at radius 1 is 1.22 bits per heavy atom. The van der Waals surface area contributed by atoms with E-state index >= 15 is 0 Å². The van der Waals surface area contributed by atoms with Crippen LogP contribution < -0.4 is 10.9 Å². The van der Waals surface area contributed by atoms with E-state index in [2.05, 4.69) is 10.2 Å². The largest absolute Gasteiger partial charge is 0.379 e. The van der Waals surface area contributed by atoms with Gasteiger partial charge in [0.1, 0.15) is 6.54 Å². The molecular weight excluding hydrogens is 352 g/mol. The van der Waals surface area contributed by atoms with Crippen LogP contribution in [0.2, 0.25) is 0 Å². The van der Waals surface area contributed by atoms with Crippen molar-refractivity contribution in [2.24, 2.45) is 0 Å². The van der Waals surface area contributed by atoms with E-state index in [1.54, 1.807) is 0 Å². The monoisotopic (exact) mass is 378 g/mol. The van der Waals surface area contributed by atoms with Crippen molar-refractivity contribution in [3.8, 4) is 0 Å². The summed E-state index contributed by atoms with van der Waals surface area (Å²) in [6.45, 7) is 3.44. The topological polar surface area (TPSA) is 107 Å². The van der Waals surface area contributed by atoms with Crippen molar-refractivity contribution in [2.45, 2.75) is 44.2 Å². The highest BCUT2D eigenvalue weighted by Crippen LogP contribution is 2.33. The molecule has 1 aromatic heterocycles. The summed E-state index contributed by atoms with van der Waals surface area (Å²) in [4.78, 5) is 37.0. The Hall–Kier alpha value is -2.26. The number of nitrogens with one attached hydrogen (secondary N) is 1. The smallest absolute Gasteiger partial charge is 0.285 e. The highest BCUT2D eigenvalue weighted by Gasteiger charge is 2.38. The number of pyridine rings is 1. The lowest BCUT2D eigenvalue weighted by Crippen LogP contribution is -2.59. The maximum Gasteiger partial charge on any atom is 0.285 e. The van der Waals surface area contributed by atoms with Gasteiger partial charge in [0.25, 0.3) is 11.2 Å².